The average Bonchev–Trinajstić information content (AvgIpc) is 4.05. The fourth-order valence-electron chi connectivity index (χ4n) is 10.6. The Morgan fingerprint density at radius 2 is 1.66 bits per heavy atom. The highest BCUT2D eigenvalue weighted by Crippen LogP contribution is 2.47. The van der Waals surface area contributed by atoms with Gasteiger partial charge in [0.2, 0.25) is 21.8 Å². The van der Waals surface area contributed by atoms with Crippen molar-refractivity contribution in [2.45, 2.75) is 139 Å². The molecular weight excluding hydrogens is 811 g/mol. The first kappa shape index (κ1) is 42.3. The first-order valence-electron chi connectivity index (χ1n) is 22.7. The van der Waals surface area contributed by atoms with Crippen molar-refractivity contribution in [3.05, 3.63) is 71.0 Å². The number of hydrogen-bond acceptors (Lipinski definition) is 10. The van der Waals surface area contributed by atoms with Gasteiger partial charge in [-0.05, 0) is 105 Å². The number of aromatic nitrogens is 2. The molecule has 5 fully saturated rings. The molecule has 2 aliphatic heterocycles. The van der Waals surface area contributed by atoms with Gasteiger partial charge in [-0.15, -0.1) is 0 Å². The molecule has 15 heteroatoms. The number of amides is 3. The summed E-state index contributed by atoms with van der Waals surface area (Å²) in [4.78, 5) is 78.0. The predicted octanol–water partition coefficient (Wildman–Crippen LogP) is 5.56. The molecular formula is C47H57N5O9S. The van der Waals surface area contributed by atoms with Crippen LogP contribution in [0, 0.1) is 23.7 Å². The quantitative estimate of drug-likeness (QED) is 0.215. The predicted molar refractivity (Wildman–Crippen MR) is 231 cm³/mol. The zero-order chi connectivity index (χ0) is 43.2. The summed E-state index contributed by atoms with van der Waals surface area (Å²) in [6, 6.07) is 14.2. The Hall–Kier alpha value is -5.05. The van der Waals surface area contributed by atoms with Crippen molar-refractivity contribution < 1.29 is 37.1 Å². The molecule has 0 spiro atoms. The lowest BCUT2D eigenvalue weighted by atomic mass is 9.86. The van der Waals surface area contributed by atoms with E-state index in [0.29, 0.717) is 30.2 Å². The molecule has 7 atom stereocenters. The van der Waals surface area contributed by atoms with E-state index in [1.54, 1.807) is 6.07 Å². The number of rotatable bonds is 8. The maximum absolute atomic E-state index is 15.1. The SMILES string of the molecule is CC[C@H]1C[C@]1(NC(=O)[C@@H]1C[C@@H]2CN1C(=O)[C@H](C1CCCC1)CC(=O)O[C@@H]1CCC[C@H]1CC/C=C/Cn1c(nc3cc(-c4ccccc4)ccc3c1=O)O2)C(=O)NS(=O)(=O)C1CC1. The summed E-state index contributed by atoms with van der Waals surface area (Å²) in [5, 5.41) is 2.72. The van der Waals surface area contributed by atoms with Crippen LogP contribution in [0.25, 0.3) is 22.0 Å². The van der Waals surface area contributed by atoms with Crippen LogP contribution < -0.4 is 20.3 Å². The summed E-state index contributed by atoms with van der Waals surface area (Å²) in [6.45, 7) is 2.01. The standard InChI is InChI=1S/C47H57N5O9S/c1-2-33-27-47(33,45(57)50-62(58,59)35-20-21-35)49-42(54)39-25-34-28-52(39)44(56)37(30-14-8-9-15-30)26-41(53)61-40-18-11-17-31(40)16-7-4-10-23-51-43(55)36-22-19-32(29-12-5-3-6-13-29)24-38(36)48-46(51)60-34/h3-6,10,12-13,19,22,24,30-31,33-35,37,39-40H,2,7-9,11,14-18,20-21,23,25-28H2,1H3,(H,49,54)(H,50,57)/b10-4+/t31-,33+,34-,37+,39+,40-,47-/m1/s1. The van der Waals surface area contributed by atoms with E-state index >= 15 is 4.79 Å². The summed E-state index contributed by atoms with van der Waals surface area (Å²) in [5.41, 5.74) is 0.527. The minimum Gasteiger partial charge on any atom is -0.462 e. The lowest BCUT2D eigenvalue weighted by Gasteiger charge is -2.32. The molecule has 3 amide bonds. The monoisotopic (exact) mass is 867 g/mol. The first-order chi connectivity index (χ1) is 29.9. The van der Waals surface area contributed by atoms with E-state index in [9.17, 15) is 27.6 Å². The molecule has 0 unspecified atom stereocenters. The Morgan fingerprint density at radius 3 is 2.40 bits per heavy atom. The Balaban J connectivity index is 1.08. The molecule has 3 aromatic rings. The minimum absolute atomic E-state index is 0.00578. The number of hydrogen-bond donors (Lipinski definition) is 2. The van der Waals surface area contributed by atoms with Gasteiger partial charge in [-0.1, -0.05) is 74.7 Å². The summed E-state index contributed by atoms with van der Waals surface area (Å²) >= 11 is 0. The van der Waals surface area contributed by atoms with Gasteiger partial charge in [0.05, 0.1) is 35.0 Å². The summed E-state index contributed by atoms with van der Waals surface area (Å²) in [6.07, 6.45) is 12.1. The van der Waals surface area contributed by atoms with Crippen molar-refractivity contribution in [2.24, 2.45) is 23.7 Å². The number of sulfonamides is 1. The van der Waals surface area contributed by atoms with E-state index in [2.05, 4.69) is 10.0 Å². The molecule has 0 radical (unpaired) electrons. The molecule has 9 rings (SSSR count). The van der Waals surface area contributed by atoms with E-state index in [4.69, 9.17) is 14.5 Å². The van der Waals surface area contributed by atoms with Gasteiger partial charge in [-0.25, -0.2) is 8.42 Å². The van der Waals surface area contributed by atoms with Gasteiger partial charge in [0.15, 0.2) is 0 Å². The van der Waals surface area contributed by atoms with Crippen molar-refractivity contribution in [1.82, 2.24) is 24.5 Å². The van der Waals surface area contributed by atoms with E-state index in [0.717, 1.165) is 68.9 Å². The molecule has 330 valence electrons. The van der Waals surface area contributed by atoms with Crippen LogP contribution in [0.15, 0.2) is 65.5 Å². The molecule has 1 saturated heterocycles. The average molecular weight is 868 g/mol. The summed E-state index contributed by atoms with van der Waals surface area (Å²) in [5.74, 6) is -3.09. The molecule has 4 aliphatic carbocycles. The highest BCUT2D eigenvalue weighted by Gasteiger charge is 2.62. The molecule has 2 aromatic carbocycles. The zero-order valence-electron chi connectivity index (χ0n) is 35.3. The molecule has 2 bridgehead atoms. The number of nitrogens with zero attached hydrogens (tertiary/aromatic N) is 3. The topological polar surface area (TPSA) is 183 Å². The maximum atomic E-state index is 15.1. The van der Waals surface area contributed by atoms with Crippen LogP contribution in [0.5, 0.6) is 6.01 Å². The second-order valence-electron chi connectivity index (χ2n) is 18.5. The number of carbonyl (C=O) groups excluding carboxylic acids is 4. The summed E-state index contributed by atoms with van der Waals surface area (Å²) < 4.78 is 42.3. The van der Waals surface area contributed by atoms with E-state index in [1.807, 2.05) is 61.5 Å². The van der Waals surface area contributed by atoms with Crippen LogP contribution >= 0.6 is 0 Å². The number of nitrogens with one attached hydrogen (secondary N) is 2. The highest BCUT2D eigenvalue weighted by molar-refractivity contribution is 7.91. The van der Waals surface area contributed by atoms with Crippen LogP contribution in [-0.4, -0.2) is 82.1 Å². The van der Waals surface area contributed by atoms with Crippen LogP contribution in [0.1, 0.15) is 103 Å². The molecule has 1 aromatic heterocycles. The zero-order valence-corrected chi connectivity index (χ0v) is 36.2. The van der Waals surface area contributed by atoms with Crippen molar-refractivity contribution in [3.63, 3.8) is 0 Å². The van der Waals surface area contributed by atoms with Gasteiger partial charge < -0.3 is 19.7 Å². The van der Waals surface area contributed by atoms with Gasteiger partial charge in [0, 0.05) is 13.0 Å². The molecule has 2 N–H and O–H groups in total. The second-order valence-corrected chi connectivity index (χ2v) is 20.4. The molecule has 3 heterocycles. The third kappa shape index (κ3) is 8.53. The summed E-state index contributed by atoms with van der Waals surface area (Å²) in [7, 11) is -3.89. The third-order valence-corrected chi connectivity index (χ3v) is 16.2. The van der Waals surface area contributed by atoms with E-state index in [1.165, 1.54) is 9.47 Å². The van der Waals surface area contributed by atoms with Crippen molar-refractivity contribution in [1.29, 1.82) is 0 Å². The molecule has 62 heavy (non-hydrogen) atoms. The minimum atomic E-state index is -3.89. The lowest BCUT2D eigenvalue weighted by molar-refractivity contribution is -0.156. The van der Waals surface area contributed by atoms with Crippen molar-refractivity contribution in [3.8, 4) is 17.1 Å². The van der Waals surface area contributed by atoms with Crippen molar-refractivity contribution >= 4 is 44.6 Å². The molecule has 14 nitrogen and oxygen atoms in total. The number of esters is 1. The van der Waals surface area contributed by atoms with Crippen molar-refractivity contribution in [2.75, 3.05) is 6.54 Å². The van der Waals surface area contributed by atoms with E-state index < -0.39 is 56.7 Å². The number of benzene rings is 2. The second kappa shape index (κ2) is 17.3. The number of carbonyl (C=O) groups is 4. The third-order valence-electron chi connectivity index (χ3n) is 14.4. The Morgan fingerprint density at radius 1 is 0.887 bits per heavy atom. The lowest BCUT2D eigenvalue weighted by Crippen LogP contribution is -2.57. The number of fused-ring (bicyclic) bond motifs is 5. The van der Waals surface area contributed by atoms with E-state index in [-0.39, 0.29) is 73.7 Å². The highest BCUT2D eigenvalue weighted by atomic mass is 32.2. The van der Waals surface area contributed by atoms with Gasteiger partial charge in [-0.3, -0.25) is 33.3 Å². The van der Waals surface area contributed by atoms with Crippen LogP contribution in [0.3, 0.4) is 0 Å². The smallest absolute Gasteiger partial charge is 0.306 e. The van der Waals surface area contributed by atoms with Gasteiger partial charge >= 0.3 is 5.97 Å². The largest absolute Gasteiger partial charge is 0.462 e. The van der Waals surface area contributed by atoms with Gasteiger partial charge in [0.25, 0.3) is 17.5 Å². The fraction of sp³-hybridized carbons (Fsp3) is 0.574. The Kier molecular flexibility index (Phi) is 11.8. The van der Waals surface area contributed by atoms with Crippen LogP contribution in [0.4, 0.5) is 0 Å². The molecule has 4 saturated carbocycles. The Bertz CT molecular complexity index is 2430. The molecule has 6 aliphatic rings. The Labute approximate surface area is 362 Å². The van der Waals surface area contributed by atoms with Gasteiger partial charge in [0.1, 0.15) is 23.8 Å². The van der Waals surface area contributed by atoms with Crippen LogP contribution in [0.2, 0.25) is 0 Å². The first-order valence-corrected chi connectivity index (χ1v) is 24.3. The van der Waals surface area contributed by atoms with Gasteiger partial charge in [-0.2, -0.15) is 4.98 Å². The number of ether oxygens (including phenoxy) is 2. The fourth-order valence-corrected chi connectivity index (χ4v) is 12.0. The van der Waals surface area contributed by atoms with Crippen LogP contribution in [-0.2, 0) is 40.5 Å². The maximum Gasteiger partial charge on any atom is 0.306 e. The normalized spacial score (nSPS) is 30.0. The number of allylic oxidation sites excluding steroid dienone is 2.